The Morgan fingerprint density at radius 1 is 1.00 bits per heavy atom. The lowest BCUT2D eigenvalue weighted by atomic mass is 9.80. The number of nitriles is 1. The van der Waals surface area contributed by atoms with Crippen LogP contribution < -0.4 is 15.2 Å². The number of nitrogens with two attached hydrogens (primary N) is 1. The smallest absolute Gasteiger partial charge is 0.205 e. The van der Waals surface area contributed by atoms with Crippen molar-refractivity contribution in [3.63, 3.8) is 0 Å². The minimum atomic E-state index is -0.355. The summed E-state index contributed by atoms with van der Waals surface area (Å²) in [6.45, 7) is 9.34. The summed E-state index contributed by atoms with van der Waals surface area (Å²) in [4.78, 5) is 2.22. The summed E-state index contributed by atoms with van der Waals surface area (Å²) in [5.74, 6) is 2.07. The summed E-state index contributed by atoms with van der Waals surface area (Å²) in [5, 5.41) is 10.1. The predicted octanol–water partition coefficient (Wildman–Crippen LogP) is 5.35. The van der Waals surface area contributed by atoms with Crippen LogP contribution in [0.15, 0.2) is 76.9 Å². The van der Waals surface area contributed by atoms with Gasteiger partial charge in [-0.25, -0.2) is 0 Å². The summed E-state index contributed by atoms with van der Waals surface area (Å²) in [5.41, 5.74) is 10.6. The minimum Gasteiger partial charge on any atom is -0.491 e. The van der Waals surface area contributed by atoms with Crippen LogP contribution in [0, 0.1) is 11.3 Å². The highest BCUT2D eigenvalue weighted by atomic mass is 16.5. The molecule has 1 atom stereocenters. The first-order chi connectivity index (χ1) is 16.8. The summed E-state index contributed by atoms with van der Waals surface area (Å²) < 4.78 is 18.3. The van der Waals surface area contributed by atoms with E-state index in [0.29, 0.717) is 18.7 Å². The molecule has 2 aromatic rings. The van der Waals surface area contributed by atoms with Gasteiger partial charge in [0.1, 0.15) is 28.9 Å². The van der Waals surface area contributed by atoms with Crippen molar-refractivity contribution in [2.75, 3.05) is 20.1 Å². The van der Waals surface area contributed by atoms with Crippen LogP contribution >= 0.6 is 0 Å². The fraction of sp³-hybridized carbons (Fsp3) is 0.345. The second-order valence-electron chi connectivity index (χ2n) is 9.53. The Bertz CT molecular complexity index is 1230. The molecule has 0 spiro atoms. The highest BCUT2D eigenvalue weighted by Crippen LogP contribution is 2.46. The van der Waals surface area contributed by atoms with Crippen molar-refractivity contribution in [2.24, 2.45) is 5.73 Å². The molecule has 2 aromatic carbocycles. The maximum Gasteiger partial charge on any atom is 0.205 e. The van der Waals surface area contributed by atoms with Gasteiger partial charge in [0.2, 0.25) is 5.88 Å². The van der Waals surface area contributed by atoms with Gasteiger partial charge in [0, 0.05) is 29.8 Å². The summed E-state index contributed by atoms with van der Waals surface area (Å²) in [6.07, 6.45) is 2.15. The molecule has 0 aromatic heterocycles. The van der Waals surface area contributed by atoms with Crippen LogP contribution in [0.5, 0.6) is 11.5 Å². The molecule has 2 aliphatic heterocycles. The van der Waals surface area contributed by atoms with Crippen molar-refractivity contribution in [3.05, 3.63) is 88.0 Å². The SMILES string of the molecule is CC(C)Oc1ccccc1/C=C1\CN(C)CC2=C1OC(N)=C(C#N)C2c1ccccc1OC(C)C. The molecule has 4 rings (SSSR count). The number of hydrogen-bond acceptors (Lipinski definition) is 6. The van der Waals surface area contributed by atoms with Crippen molar-refractivity contribution in [2.45, 2.75) is 45.8 Å². The van der Waals surface area contributed by atoms with Gasteiger partial charge in [0.15, 0.2) is 0 Å². The Kier molecular flexibility index (Phi) is 7.18. The van der Waals surface area contributed by atoms with E-state index in [2.05, 4.69) is 24.1 Å². The highest BCUT2D eigenvalue weighted by Gasteiger charge is 2.38. The largest absolute Gasteiger partial charge is 0.491 e. The first-order valence-corrected chi connectivity index (χ1v) is 12.0. The third-order valence-electron chi connectivity index (χ3n) is 5.90. The Morgan fingerprint density at radius 2 is 1.63 bits per heavy atom. The standard InChI is InChI=1S/C29H33N3O3/c1-18(2)33-25-12-8-6-10-20(25)14-21-16-32(5)17-24-27(23(15-30)29(31)35-28(21)24)22-11-7-9-13-26(22)34-19(3)4/h6-14,18-19,27H,16-17,31H2,1-5H3/b21-14+. The zero-order valence-corrected chi connectivity index (χ0v) is 21.0. The lowest BCUT2D eigenvalue weighted by Gasteiger charge is -2.37. The zero-order chi connectivity index (χ0) is 25.1. The topological polar surface area (TPSA) is 80.7 Å². The minimum absolute atomic E-state index is 0.00162. The van der Waals surface area contributed by atoms with E-state index in [1.54, 1.807) is 0 Å². The second-order valence-corrected chi connectivity index (χ2v) is 9.53. The number of para-hydroxylation sites is 2. The van der Waals surface area contributed by atoms with E-state index in [4.69, 9.17) is 19.9 Å². The molecular weight excluding hydrogens is 438 g/mol. The molecule has 0 fully saturated rings. The lowest BCUT2D eigenvalue weighted by molar-refractivity contribution is 0.234. The number of likely N-dealkylation sites (N-methyl/N-ethyl adjacent to an activating group) is 1. The molecule has 6 heteroatoms. The Balaban J connectivity index is 1.87. The van der Waals surface area contributed by atoms with Gasteiger partial charge in [0.05, 0.1) is 18.1 Å². The highest BCUT2D eigenvalue weighted by molar-refractivity contribution is 5.66. The van der Waals surface area contributed by atoms with E-state index >= 15 is 0 Å². The monoisotopic (exact) mass is 471 g/mol. The van der Waals surface area contributed by atoms with Crippen LogP contribution in [0.2, 0.25) is 0 Å². The van der Waals surface area contributed by atoms with E-state index < -0.39 is 0 Å². The third-order valence-corrected chi connectivity index (χ3v) is 5.90. The molecule has 2 aliphatic rings. The average Bonchev–Trinajstić information content (AvgIpc) is 2.80. The molecule has 2 heterocycles. The normalized spacial score (nSPS) is 19.6. The maximum atomic E-state index is 10.1. The molecule has 1 unspecified atom stereocenters. The maximum absolute atomic E-state index is 10.1. The number of ether oxygens (including phenoxy) is 3. The fourth-order valence-electron chi connectivity index (χ4n) is 4.63. The molecular formula is C29H33N3O3. The first kappa shape index (κ1) is 24.4. The van der Waals surface area contributed by atoms with Crippen molar-refractivity contribution >= 4 is 6.08 Å². The second kappa shape index (κ2) is 10.3. The molecule has 0 aliphatic carbocycles. The van der Waals surface area contributed by atoms with Crippen LogP contribution in [-0.4, -0.2) is 37.2 Å². The number of nitrogens with zero attached hydrogens (tertiary/aromatic N) is 2. The molecule has 6 nitrogen and oxygen atoms in total. The quantitative estimate of drug-likeness (QED) is 0.612. The molecule has 2 N–H and O–H groups in total. The zero-order valence-electron chi connectivity index (χ0n) is 21.0. The summed E-state index contributed by atoms with van der Waals surface area (Å²) in [7, 11) is 2.06. The van der Waals surface area contributed by atoms with Gasteiger partial charge in [-0.1, -0.05) is 36.4 Å². The number of hydrogen-bond donors (Lipinski definition) is 1. The molecule has 0 amide bonds. The first-order valence-electron chi connectivity index (χ1n) is 12.0. The third kappa shape index (κ3) is 5.21. The number of benzene rings is 2. The van der Waals surface area contributed by atoms with Gasteiger partial charge in [-0.15, -0.1) is 0 Å². The van der Waals surface area contributed by atoms with Crippen LogP contribution in [0.3, 0.4) is 0 Å². The Morgan fingerprint density at radius 3 is 2.31 bits per heavy atom. The van der Waals surface area contributed by atoms with Crippen LogP contribution in [0.4, 0.5) is 0 Å². The molecule has 182 valence electrons. The molecule has 0 bridgehead atoms. The molecule has 0 radical (unpaired) electrons. The van der Waals surface area contributed by atoms with Gasteiger partial charge in [-0.2, -0.15) is 5.26 Å². The molecule has 0 saturated heterocycles. The van der Waals surface area contributed by atoms with Crippen molar-refractivity contribution < 1.29 is 14.2 Å². The average molecular weight is 472 g/mol. The lowest BCUT2D eigenvalue weighted by Crippen LogP contribution is -2.36. The van der Waals surface area contributed by atoms with Gasteiger partial charge >= 0.3 is 0 Å². The predicted molar refractivity (Wildman–Crippen MR) is 138 cm³/mol. The van der Waals surface area contributed by atoms with Crippen molar-refractivity contribution in [1.29, 1.82) is 5.26 Å². The van der Waals surface area contributed by atoms with E-state index in [-0.39, 0.29) is 24.0 Å². The van der Waals surface area contributed by atoms with Crippen molar-refractivity contribution in [3.8, 4) is 17.6 Å². The summed E-state index contributed by atoms with van der Waals surface area (Å²) in [6, 6.07) is 18.1. The fourth-order valence-corrected chi connectivity index (χ4v) is 4.63. The Hall–Kier alpha value is -3.69. The van der Waals surface area contributed by atoms with Gasteiger partial charge in [-0.3, -0.25) is 4.90 Å². The molecule has 35 heavy (non-hydrogen) atoms. The van der Waals surface area contributed by atoms with Crippen LogP contribution in [-0.2, 0) is 4.74 Å². The van der Waals surface area contributed by atoms with Gasteiger partial charge in [-0.05, 0) is 58.5 Å². The van der Waals surface area contributed by atoms with Crippen molar-refractivity contribution in [1.82, 2.24) is 4.90 Å². The van der Waals surface area contributed by atoms with E-state index in [1.165, 1.54) is 0 Å². The van der Waals surface area contributed by atoms with E-state index in [0.717, 1.165) is 39.5 Å². The molecule has 0 saturated carbocycles. The van der Waals surface area contributed by atoms with E-state index in [1.807, 2.05) is 76.2 Å². The van der Waals surface area contributed by atoms with Gasteiger partial charge < -0.3 is 19.9 Å². The van der Waals surface area contributed by atoms with Crippen LogP contribution in [0.25, 0.3) is 6.08 Å². The number of rotatable bonds is 6. The summed E-state index contributed by atoms with van der Waals surface area (Å²) >= 11 is 0. The Labute approximate surface area is 207 Å². The van der Waals surface area contributed by atoms with Gasteiger partial charge in [0.25, 0.3) is 0 Å². The number of allylic oxidation sites excluding steroid dienone is 1. The van der Waals surface area contributed by atoms with Crippen LogP contribution in [0.1, 0.15) is 44.7 Å². The van der Waals surface area contributed by atoms with E-state index in [9.17, 15) is 5.26 Å².